The van der Waals surface area contributed by atoms with Crippen LogP contribution < -0.4 is 0 Å². The summed E-state index contributed by atoms with van der Waals surface area (Å²) in [5.74, 6) is 0.236. The number of pyridine rings is 1. The van der Waals surface area contributed by atoms with Crippen molar-refractivity contribution in [3.8, 4) is 6.07 Å². The smallest absolute Gasteiger partial charge is 0.188 e. The van der Waals surface area contributed by atoms with Gasteiger partial charge in [-0.1, -0.05) is 0 Å². The van der Waals surface area contributed by atoms with E-state index in [9.17, 15) is 10.1 Å². The van der Waals surface area contributed by atoms with Crippen LogP contribution in [0, 0.1) is 32.1 Å². The molecule has 2 rings (SSSR count). The summed E-state index contributed by atoms with van der Waals surface area (Å²) in [6, 6.07) is 5.43. The molecule has 2 aromatic heterocycles. The van der Waals surface area contributed by atoms with Gasteiger partial charge in [0.1, 0.15) is 17.4 Å². The number of carbonyl (C=O) groups excluding carboxylic acids is 1. The van der Waals surface area contributed by atoms with Gasteiger partial charge in [-0.25, -0.2) is 0 Å². The van der Waals surface area contributed by atoms with Gasteiger partial charge in [-0.15, -0.1) is 0 Å². The number of hydrogen-bond donors (Lipinski definition) is 0. The molecule has 0 aliphatic rings. The Bertz CT molecular complexity index is 651. The summed E-state index contributed by atoms with van der Waals surface area (Å²) in [6.45, 7) is 5.39. The van der Waals surface area contributed by atoms with Crippen LogP contribution in [0.3, 0.4) is 0 Å². The lowest BCUT2D eigenvalue weighted by Gasteiger charge is -2.08. The minimum atomic E-state index is -0.822. The van der Waals surface area contributed by atoms with E-state index in [1.165, 1.54) is 0 Å². The van der Waals surface area contributed by atoms with Crippen molar-refractivity contribution in [2.45, 2.75) is 26.7 Å². The van der Waals surface area contributed by atoms with Crippen LogP contribution in [0.2, 0.25) is 0 Å². The molecule has 1 atom stereocenters. The van der Waals surface area contributed by atoms with Crippen LogP contribution in [0.25, 0.3) is 0 Å². The normalized spacial score (nSPS) is 11.9. The molecule has 0 aromatic carbocycles. The maximum Gasteiger partial charge on any atom is 0.188 e. The van der Waals surface area contributed by atoms with Gasteiger partial charge in [0.15, 0.2) is 5.78 Å². The Morgan fingerprint density at radius 2 is 1.89 bits per heavy atom. The van der Waals surface area contributed by atoms with E-state index < -0.39 is 5.92 Å². The van der Waals surface area contributed by atoms with Gasteiger partial charge in [0.2, 0.25) is 0 Å². The van der Waals surface area contributed by atoms with Gasteiger partial charge in [-0.3, -0.25) is 9.78 Å². The van der Waals surface area contributed by atoms with Crippen molar-refractivity contribution in [2.24, 2.45) is 0 Å². The fourth-order valence-electron chi connectivity index (χ4n) is 2.14. The fraction of sp³-hybridized carbons (Fsp3) is 0.267. The first-order valence-electron chi connectivity index (χ1n) is 5.96. The topological polar surface area (TPSA) is 66.9 Å². The second-order valence-corrected chi connectivity index (χ2v) is 4.42. The van der Waals surface area contributed by atoms with E-state index in [1.54, 1.807) is 31.5 Å². The lowest BCUT2D eigenvalue weighted by molar-refractivity contribution is 0.0977. The number of nitriles is 1. The quantitative estimate of drug-likeness (QED) is 0.789. The lowest BCUT2D eigenvalue weighted by Crippen LogP contribution is -2.12. The fourth-order valence-corrected chi connectivity index (χ4v) is 2.14. The monoisotopic (exact) mass is 254 g/mol. The van der Waals surface area contributed by atoms with E-state index in [4.69, 9.17) is 4.42 Å². The zero-order chi connectivity index (χ0) is 14.0. The van der Waals surface area contributed by atoms with E-state index in [-0.39, 0.29) is 5.78 Å². The third-order valence-electron chi connectivity index (χ3n) is 3.24. The van der Waals surface area contributed by atoms with Gasteiger partial charge in [0.05, 0.1) is 11.6 Å². The highest BCUT2D eigenvalue weighted by Crippen LogP contribution is 2.27. The van der Waals surface area contributed by atoms with Gasteiger partial charge in [0.25, 0.3) is 0 Å². The first-order chi connectivity index (χ1) is 9.06. The molecule has 0 aliphatic carbocycles. The standard InChI is InChI=1S/C15H14N2O2/c1-9-10(2)19-11(3)14(9)15(18)13(8-16)12-4-6-17-7-5-12/h4-7,13H,1-3H3. The van der Waals surface area contributed by atoms with Crippen LogP contribution in [-0.2, 0) is 0 Å². The van der Waals surface area contributed by atoms with Crippen LogP contribution in [0.15, 0.2) is 28.9 Å². The number of carbonyl (C=O) groups is 1. The summed E-state index contributed by atoms with van der Waals surface area (Å²) in [5.41, 5.74) is 1.97. The van der Waals surface area contributed by atoms with Gasteiger partial charge in [-0.2, -0.15) is 5.26 Å². The maximum absolute atomic E-state index is 12.5. The van der Waals surface area contributed by atoms with Crippen LogP contribution in [0.5, 0.6) is 0 Å². The summed E-state index contributed by atoms with van der Waals surface area (Å²) in [7, 11) is 0. The van der Waals surface area contributed by atoms with Crippen molar-refractivity contribution < 1.29 is 9.21 Å². The predicted molar refractivity (Wildman–Crippen MR) is 69.8 cm³/mol. The Morgan fingerprint density at radius 3 is 2.37 bits per heavy atom. The Hall–Kier alpha value is -2.41. The highest BCUT2D eigenvalue weighted by molar-refractivity contribution is 6.04. The third-order valence-corrected chi connectivity index (χ3v) is 3.24. The summed E-state index contributed by atoms with van der Waals surface area (Å²) >= 11 is 0. The predicted octanol–water partition coefficient (Wildman–Crippen LogP) is 3.09. The molecule has 2 heterocycles. The number of aromatic nitrogens is 1. The van der Waals surface area contributed by atoms with Gasteiger partial charge >= 0.3 is 0 Å². The molecule has 0 bridgehead atoms. The van der Waals surface area contributed by atoms with Crippen LogP contribution in [0.4, 0.5) is 0 Å². The summed E-state index contributed by atoms with van der Waals surface area (Å²) in [6.07, 6.45) is 3.15. The number of aryl methyl sites for hydroxylation is 2. The molecule has 96 valence electrons. The molecular formula is C15H14N2O2. The molecule has 4 heteroatoms. The number of rotatable bonds is 3. The Balaban J connectivity index is 2.46. The lowest BCUT2D eigenvalue weighted by atomic mass is 9.91. The minimum absolute atomic E-state index is 0.222. The van der Waals surface area contributed by atoms with Crippen LogP contribution in [-0.4, -0.2) is 10.8 Å². The van der Waals surface area contributed by atoms with Crippen molar-refractivity contribution in [1.29, 1.82) is 5.26 Å². The Morgan fingerprint density at radius 1 is 1.26 bits per heavy atom. The average Bonchev–Trinajstić information content (AvgIpc) is 2.65. The van der Waals surface area contributed by atoms with Crippen molar-refractivity contribution in [3.63, 3.8) is 0 Å². The van der Waals surface area contributed by atoms with Crippen molar-refractivity contribution in [2.75, 3.05) is 0 Å². The van der Waals surface area contributed by atoms with Gasteiger partial charge < -0.3 is 4.42 Å². The molecule has 0 N–H and O–H groups in total. The molecule has 0 radical (unpaired) electrons. The molecule has 0 aliphatic heterocycles. The highest BCUT2D eigenvalue weighted by atomic mass is 16.3. The molecule has 0 spiro atoms. The number of nitrogens with zero attached hydrogens (tertiary/aromatic N) is 2. The number of hydrogen-bond acceptors (Lipinski definition) is 4. The molecule has 0 saturated carbocycles. The average molecular weight is 254 g/mol. The second kappa shape index (κ2) is 5.07. The summed E-state index contributed by atoms with van der Waals surface area (Å²) in [5, 5.41) is 9.28. The molecule has 0 saturated heterocycles. The van der Waals surface area contributed by atoms with Gasteiger partial charge in [0, 0.05) is 18.0 Å². The van der Waals surface area contributed by atoms with Crippen LogP contribution in [0.1, 0.15) is 38.9 Å². The molecule has 2 aromatic rings. The number of ketones is 1. The summed E-state index contributed by atoms with van der Waals surface area (Å²) in [4.78, 5) is 16.4. The second-order valence-electron chi connectivity index (χ2n) is 4.42. The van der Waals surface area contributed by atoms with Crippen molar-refractivity contribution >= 4 is 5.78 Å². The third kappa shape index (κ3) is 2.27. The zero-order valence-electron chi connectivity index (χ0n) is 11.1. The van der Waals surface area contributed by atoms with Crippen LogP contribution >= 0.6 is 0 Å². The Kier molecular flexibility index (Phi) is 3.48. The minimum Gasteiger partial charge on any atom is -0.466 e. The molecule has 1 unspecified atom stereocenters. The van der Waals surface area contributed by atoms with Crippen molar-refractivity contribution in [1.82, 2.24) is 4.98 Å². The van der Waals surface area contributed by atoms with E-state index in [2.05, 4.69) is 11.1 Å². The highest BCUT2D eigenvalue weighted by Gasteiger charge is 2.27. The SMILES string of the molecule is Cc1oc(C)c(C(=O)C(C#N)c2ccncc2)c1C. The molecule has 4 nitrogen and oxygen atoms in total. The number of Topliss-reactive ketones (excluding diaryl/α,β-unsaturated/α-hetero) is 1. The first-order valence-corrected chi connectivity index (χ1v) is 5.96. The van der Waals surface area contributed by atoms with Crippen molar-refractivity contribution in [3.05, 3.63) is 52.7 Å². The molecular weight excluding hydrogens is 240 g/mol. The summed E-state index contributed by atoms with van der Waals surface area (Å²) < 4.78 is 5.45. The van der Waals surface area contributed by atoms with E-state index in [1.807, 2.05) is 13.8 Å². The van der Waals surface area contributed by atoms with E-state index >= 15 is 0 Å². The first kappa shape index (κ1) is 13.0. The molecule has 0 amide bonds. The van der Waals surface area contributed by atoms with E-state index in [0.717, 1.165) is 5.56 Å². The molecule has 19 heavy (non-hydrogen) atoms. The van der Waals surface area contributed by atoms with Gasteiger partial charge in [-0.05, 0) is 38.5 Å². The molecule has 0 fully saturated rings. The number of furan rings is 1. The van der Waals surface area contributed by atoms with E-state index in [0.29, 0.717) is 22.6 Å². The Labute approximate surface area is 111 Å². The largest absolute Gasteiger partial charge is 0.466 e. The maximum atomic E-state index is 12.5. The zero-order valence-corrected chi connectivity index (χ0v) is 11.1.